The van der Waals surface area contributed by atoms with Gasteiger partial charge in [0.05, 0.1) is 18.9 Å². The average Bonchev–Trinajstić information content (AvgIpc) is 2.82. The number of phosphoric ester groups is 1. The molecule has 228 valence electrons. The van der Waals surface area contributed by atoms with Crippen LogP contribution in [-0.2, 0) is 25.0 Å². The van der Waals surface area contributed by atoms with Gasteiger partial charge in [-0.3, -0.25) is 24.1 Å². The number of nitrogens with one attached hydrogen (secondary N) is 1. The number of rotatable bonds is 15. The molecule has 1 aromatic heterocycles. The van der Waals surface area contributed by atoms with Crippen molar-refractivity contribution in [2.24, 2.45) is 0 Å². The molecule has 1 amide bonds. The fourth-order valence-corrected chi connectivity index (χ4v) is 6.00. The van der Waals surface area contributed by atoms with Crippen LogP contribution in [0, 0.1) is 0 Å². The van der Waals surface area contributed by atoms with Gasteiger partial charge in [-0.15, -0.1) is 13.2 Å². The Morgan fingerprint density at radius 2 is 1.63 bits per heavy atom. The number of benzene rings is 1. The number of alkyl halides is 3. The van der Waals surface area contributed by atoms with Crippen LogP contribution in [0.2, 0.25) is 51.4 Å². The fraction of sp³-hybridized carbons (Fsp3) is 0.480. The highest BCUT2D eigenvalue weighted by Crippen LogP contribution is 2.51. The summed E-state index contributed by atoms with van der Waals surface area (Å²) in [5.74, 6) is -0.805. The van der Waals surface area contributed by atoms with Crippen molar-refractivity contribution in [3.05, 3.63) is 47.8 Å². The van der Waals surface area contributed by atoms with Crippen molar-refractivity contribution < 1.29 is 50.4 Å². The number of ether oxygens (including phenoxy) is 2. The third-order valence-electron chi connectivity index (χ3n) is 5.22. The lowest BCUT2D eigenvalue weighted by Crippen LogP contribution is -2.23. The Labute approximate surface area is 239 Å². The van der Waals surface area contributed by atoms with E-state index in [1.807, 2.05) is 0 Å². The summed E-state index contributed by atoms with van der Waals surface area (Å²) in [7, 11) is -7.39. The van der Waals surface area contributed by atoms with E-state index in [0.29, 0.717) is 18.4 Å². The predicted octanol–water partition coefficient (Wildman–Crippen LogP) is 7.74. The third kappa shape index (κ3) is 13.7. The number of aldehydes is 1. The lowest BCUT2D eigenvalue weighted by Gasteiger charge is -2.24. The van der Waals surface area contributed by atoms with Crippen molar-refractivity contribution in [3.8, 4) is 11.5 Å². The van der Waals surface area contributed by atoms with E-state index >= 15 is 0 Å². The van der Waals surface area contributed by atoms with Crippen LogP contribution >= 0.6 is 7.82 Å². The van der Waals surface area contributed by atoms with Crippen LogP contribution in [0.1, 0.15) is 16.1 Å². The molecule has 1 heterocycles. The second-order valence-corrected chi connectivity index (χ2v) is 24.2. The normalized spacial score (nSPS) is 12.5. The largest absolute Gasteiger partial charge is 0.573 e. The molecule has 10 nitrogen and oxygen atoms in total. The van der Waals surface area contributed by atoms with Gasteiger partial charge in [0.2, 0.25) is 0 Å². The summed E-state index contributed by atoms with van der Waals surface area (Å²) in [5.41, 5.74) is -0.0957. The Balaban J connectivity index is 2.30. The maximum absolute atomic E-state index is 13.7. The summed E-state index contributed by atoms with van der Waals surface area (Å²) < 4.78 is 78.3. The summed E-state index contributed by atoms with van der Waals surface area (Å²) in [6.45, 7) is 12.2. The lowest BCUT2D eigenvalue weighted by molar-refractivity contribution is -0.274. The van der Waals surface area contributed by atoms with Gasteiger partial charge >= 0.3 is 20.3 Å². The van der Waals surface area contributed by atoms with E-state index in [1.165, 1.54) is 18.3 Å². The number of hydrogen-bond acceptors (Lipinski definition) is 9. The molecule has 0 saturated heterocycles. The van der Waals surface area contributed by atoms with Crippen molar-refractivity contribution in [2.45, 2.75) is 64.3 Å². The number of halogens is 3. The smallest absolute Gasteiger partial charge is 0.444 e. The molecule has 0 saturated carbocycles. The Bertz CT molecular complexity index is 1210. The number of phosphoric acid groups is 1. The van der Waals surface area contributed by atoms with E-state index < -0.39 is 48.8 Å². The van der Waals surface area contributed by atoms with Crippen LogP contribution in [0.25, 0.3) is 0 Å². The van der Waals surface area contributed by atoms with Gasteiger partial charge in [-0.2, -0.15) is 0 Å². The topological polar surface area (TPSA) is 122 Å². The zero-order valence-corrected chi connectivity index (χ0v) is 26.8. The highest BCUT2D eigenvalue weighted by Gasteiger charge is 2.34. The lowest BCUT2D eigenvalue weighted by atomic mass is 10.2. The number of anilines is 1. The fourth-order valence-electron chi connectivity index (χ4n) is 3.00. The minimum Gasteiger partial charge on any atom is -0.444 e. The Kier molecular flexibility index (Phi) is 12.2. The van der Waals surface area contributed by atoms with Gasteiger partial charge in [-0.1, -0.05) is 39.3 Å². The molecule has 0 radical (unpaired) electrons. The first kappa shape index (κ1) is 34.5. The summed E-state index contributed by atoms with van der Waals surface area (Å²) in [6, 6.07) is 7.20. The summed E-state index contributed by atoms with van der Waals surface area (Å²) >= 11 is 0. The van der Waals surface area contributed by atoms with E-state index in [2.05, 4.69) is 54.3 Å². The molecule has 0 aliphatic heterocycles. The van der Waals surface area contributed by atoms with Gasteiger partial charge < -0.3 is 14.0 Å². The van der Waals surface area contributed by atoms with E-state index in [0.717, 1.165) is 18.2 Å². The quantitative estimate of drug-likeness (QED) is 0.119. The van der Waals surface area contributed by atoms with Gasteiger partial charge in [-0.25, -0.2) is 9.36 Å². The minimum absolute atomic E-state index is 0.0547. The standard InChI is InChI=1S/C25H36F3N2O8PSi2/c1-40(2,3)14-12-35-39(33,36-13-15-41(4,5)6)38-23-10-9-20(37-25(26,27)28)16-19(23)18-34-24(32)30-21-8-7-11-29-22(21)17-31/h7-11,16-17H,12-15,18H2,1-6H3,(H,30,32). The number of pyridine rings is 1. The number of hydrogen-bond donors (Lipinski definition) is 1. The average molecular weight is 637 g/mol. The van der Waals surface area contributed by atoms with Crippen LogP contribution in [0.5, 0.6) is 11.5 Å². The molecule has 0 aliphatic carbocycles. The SMILES string of the molecule is C[Si](C)(C)CCOP(=O)(OCC[Si](C)(C)C)Oc1ccc(OC(F)(F)F)cc1COC(=O)Nc1cccnc1C=O. The molecular formula is C25H36F3N2O8PSi2. The summed E-state index contributed by atoms with van der Waals surface area (Å²) in [4.78, 5) is 27.4. The van der Waals surface area contributed by atoms with Crippen LogP contribution in [0.4, 0.5) is 23.7 Å². The zero-order valence-electron chi connectivity index (χ0n) is 23.9. The van der Waals surface area contributed by atoms with E-state index in [-0.39, 0.29) is 35.9 Å². The molecule has 16 heteroatoms. The summed E-state index contributed by atoms with van der Waals surface area (Å²) in [6.07, 6.45) is -4.23. The van der Waals surface area contributed by atoms with E-state index in [1.54, 1.807) is 0 Å². The molecular weight excluding hydrogens is 600 g/mol. The van der Waals surface area contributed by atoms with Gasteiger partial charge in [0.15, 0.2) is 6.29 Å². The highest BCUT2D eigenvalue weighted by molar-refractivity contribution is 7.49. The Morgan fingerprint density at radius 3 is 2.17 bits per heavy atom. The molecule has 41 heavy (non-hydrogen) atoms. The van der Waals surface area contributed by atoms with Crippen LogP contribution in [0.3, 0.4) is 0 Å². The molecule has 0 bridgehead atoms. The Morgan fingerprint density at radius 1 is 1.02 bits per heavy atom. The number of carbonyl (C=O) groups excluding carboxylic acids is 2. The molecule has 0 aliphatic rings. The molecule has 0 spiro atoms. The van der Waals surface area contributed by atoms with Crippen molar-refractivity contribution in [1.82, 2.24) is 4.98 Å². The first-order chi connectivity index (χ1) is 18.9. The van der Waals surface area contributed by atoms with Crippen molar-refractivity contribution in [1.29, 1.82) is 0 Å². The monoisotopic (exact) mass is 636 g/mol. The Hall–Kier alpha value is -2.72. The van der Waals surface area contributed by atoms with Gasteiger partial charge in [0, 0.05) is 27.9 Å². The van der Waals surface area contributed by atoms with Gasteiger partial charge in [0.1, 0.15) is 23.8 Å². The van der Waals surface area contributed by atoms with Crippen LogP contribution in [0.15, 0.2) is 36.5 Å². The summed E-state index contributed by atoms with van der Waals surface area (Å²) in [5, 5.41) is 2.33. The number of nitrogens with zero attached hydrogens (tertiary/aromatic N) is 1. The van der Waals surface area contributed by atoms with Gasteiger partial charge in [0.25, 0.3) is 0 Å². The maximum Gasteiger partial charge on any atom is 0.573 e. The number of carbonyl (C=O) groups is 2. The van der Waals surface area contributed by atoms with Crippen molar-refractivity contribution >= 4 is 42.0 Å². The predicted molar refractivity (Wildman–Crippen MR) is 153 cm³/mol. The first-order valence-electron chi connectivity index (χ1n) is 12.7. The first-order valence-corrected chi connectivity index (χ1v) is 21.6. The minimum atomic E-state index is -4.99. The molecule has 0 fully saturated rings. The molecule has 1 aromatic carbocycles. The van der Waals surface area contributed by atoms with Crippen LogP contribution in [-0.4, -0.2) is 53.1 Å². The molecule has 0 atom stereocenters. The second kappa shape index (κ2) is 14.4. The molecule has 2 aromatic rings. The number of amides is 1. The van der Waals surface area contributed by atoms with E-state index in [9.17, 15) is 27.3 Å². The van der Waals surface area contributed by atoms with Gasteiger partial charge in [-0.05, 0) is 42.4 Å². The highest BCUT2D eigenvalue weighted by atomic mass is 31.2. The van der Waals surface area contributed by atoms with Crippen molar-refractivity contribution in [2.75, 3.05) is 18.5 Å². The number of aromatic nitrogens is 1. The third-order valence-corrected chi connectivity index (χ3v) is 10.1. The maximum atomic E-state index is 13.7. The molecule has 1 N–H and O–H groups in total. The van der Waals surface area contributed by atoms with Crippen LogP contribution < -0.4 is 14.6 Å². The molecule has 0 unspecified atom stereocenters. The molecule has 2 rings (SSSR count). The van der Waals surface area contributed by atoms with Crippen molar-refractivity contribution in [3.63, 3.8) is 0 Å². The zero-order chi connectivity index (χ0) is 30.9. The van der Waals surface area contributed by atoms with E-state index in [4.69, 9.17) is 18.3 Å². The second-order valence-electron chi connectivity index (χ2n) is 11.4.